The topological polar surface area (TPSA) is 75.7 Å². The lowest BCUT2D eigenvalue weighted by Gasteiger charge is -2.27. The van der Waals surface area contributed by atoms with Gasteiger partial charge in [0.2, 0.25) is 0 Å². The molecule has 1 saturated carbocycles. The van der Waals surface area contributed by atoms with E-state index >= 15 is 0 Å². The Morgan fingerprint density at radius 2 is 1.73 bits per heavy atom. The van der Waals surface area contributed by atoms with E-state index in [4.69, 9.17) is 16.3 Å². The van der Waals surface area contributed by atoms with Crippen molar-refractivity contribution in [3.63, 3.8) is 0 Å². The van der Waals surface area contributed by atoms with E-state index in [9.17, 15) is 13.2 Å². The van der Waals surface area contributed by atoms with Crippen molar-refractivity contribution >= 4 is 33.2 Å². The number of methoxy groups -OCH3 is 1. The first kappa shape index (κ1) is 22.4. The van der Waals surface area contributed by atoms with E-state index in [-0.39, 0.29) is 27.4 Å². The molecule has 2 aromatic carbocycles. The molecule has 0 radical (unpaired) electrons. The fourth-order valence-electron chi connectivity index (χ4n) is 3.60. The Labute approximate surface area is 183 Å². The van der Waals surface area contributed by atoms with Crippen LogP contribution < -0.4 is 14.4 Å². The van der Waals surface area contributed by atoms with E-state index in [2.05, 4.69) is 12.2 Å². The van der Waals surface area contributed by atoms with Crippen molar-refractivity contribution in [3.8, 4) is 5.75 Å². The third-order valence-electron chi connectivity index (χ3n) is 5.63. The number of hydrogen-bond acceptors (Lipinski definition) is 4. The summed E-state index contributed by atoms with van der Waals surface area (Å²) in [6.07, 6.45) is 3.98. The van der Waals surface area contributed by atoms with Crippen LogP contribution in [0, 0.1) is 5.92 Å². The molecule has 1 fully saturated rings. The molecule has 0 heterocycles. The van der Waals surface area contributed by atoms with Gasteiger partial charge in [0.15, 0.2) is 0 Å². The lowest BCUT2D eigenvalue weighted by atomic mass is 9.87. The van der Waals surface area contributed by atoms with Crippen molar-refractivity contribution in [2.75, 3.05) is 18.5 Å². The molecular formula is C22H27ClN2O4S. The quantitative estimate of drug-likeness (QED) is 0.703. The zero-order valence-electron chi connectivity index (χ0n) is 17.4. The summed E-state index contributed by atoms with van der Waals surface area (Å²) in [4.78, 5) is 12.8. The predicted octanol–water partition coefficient (Wildman–Crippen LogP) is 4.48. The van der Waals surface area contributed by atoms with Gasteiger partial charge in [0.1, 0.15) is 5.75 Å². The molecule has 0 saturated heterocycles. The van der Waals surface area contributed by atoms with E-state index in [0.717, 1.165) is 25.7 Å². The van der Waals surface area contributed by atoms with Gasteiger partial charge in [0.05, 0.1) is 28.3 Å². The fourth-order valence-corrected chi connectivity index (χ4v) is 5.02. The molecule has 162 valence electrons. The van der Waals surface area contributed by atoms with Gasteiger partial charge in [0.25, 0.3) is 15.9 Å². The van der Waals surface area contributed by atoms with Crippen LogP contribution in [0.2, 0.25) is 5.02 Å². The van der Waals surface area contributed by atoms with Crippen molar-refractivity contribution in [2.24, 2.45) is 5.92 Å². The molecule has 0 atom stereocenters. The minimum absolute atomic E-state index is 0.00707. The van der Waals surface area contributed by atoms with Crippen LogP contribution in [0.3, 0.4) is 0 Å². The second kappa shape index (κ2) is 9.27. The number of hydrogen-bond donors (Lipinski definition) is 1. The van der Waals surface area contributed by atoms with E-state index < -0.39 is 10.0 Å². The average Bonchev–Trinajstić information content (AvgIpc) is 2.75. The van der Waals surface area contributed by atoms with E-state index in [1.807, 2.05) is 0 Å². The molecule has 1 amide bonds. The Morgan fingerprint density at radius 1 is 1.10 bits per heavy atom. The number of amides is 1. The second-order valence-corrected chi connectivity index (χ2v) is 10.1. The van der Waals surface area contributed by atoms with Gasteiger partial charge in [-0.3, -0.25) is 9.10 Å². The summed E-state index contributed by atoms with van der Waals surface area (Å²) in [7, 11) is -0.859. The number of nitrogens with one attached hydrogen (secondary N) is 1. The third-order valence-corrected chi connectivity index (χ3v) is 7.74. The zero-order chi connectivity index (χ0) is 21.9. The van der Waals surface area contributed by atoms with E-state index in [0.29, 0.717) is 17.4 Å². The summed E-state index contributed by atoms with van der Waals surface area (Å²) in [6, 6.07) is 11.0. The maximum atomic E-state index is 13.1. The lowest BCUT2D eigenvalue weighted by molar-refractivity contribution is 0.0923. The highest BCUT2D eigenvalue weighted by atomic mass is 35.5. The van der Waals surface area contributed by atoms with Crippen LogP contribution in [-0.2, 0) is 10.0 Å². The summed E-state index contributed by atoms with van der Waals surface area (Å²) >= 11 is 6.23. The molecule has 0 aliphatic heterocycles. The van der Waals surface area contributed by atoms with Crippen LogP contribution in [0.5, 0.6) is 5.75 Å². The number of benzene rings is 2. The molecule has 8 heteroatoms. The van der Waals surface area contributed by atoms with Crippen molar-refractivity contribution in [1.29, 1.82) is 0 Å². The first-order valence-electron chi connectivity index (χ1n) is 9.95. The van der Waals surface area contributed by atoms with Gasteiger partial charge in [-0.15, -0.1) is 0 Å². The largest absolute Gasteiger partial charge is 0.497 e. The van der Waals surface area contributed by atoms with Crippen molar-refractivity contribution < 1.29 is 17.9 Å². The minimum atomic E-state index is -3.87. The molecule has 0 spiro atoms. The fraction of sp³-hybridized carbons (Fsp3) is 0.409. The van der Waals surface area contributed by atoms with Gasteiger partial charge >= 0.3 is 0 Å². The molecule has 3 rings (SSSR count). The number of anilines is 1. The van der Waals surface area contributed by atoms with Crippen molar-refractivity contribution in [1.82, 2.24) is 5.32 Å². The molecule has 0 aromatic heterocycles. The van der Waals surface area contributed by atoms with Crippen LogP contribution in [0.25, 0.3) is 0 Å². The van der Waals surface area contributed by atoms with Gasteiger partial charge in [-0.05, 0) is 74.1 Å². The Bertz CT molecular complexity index is 1000. The number of carbonyl (C=O) groups excluding carboxylic acids is 1. The molecule has 6 nitrogen and oxygen atoms in total. The van der Waals surface area contributed by atoms with Gasteiger partial charge < -0.3 is 10.1 Å². The number of halogens is 1. The SMILES string of the molecule is COc1ccc(N(C)S(=O)(=O)c2ccc(Cl)c(C(=O)NC3CCC(C)CC3)c2)cc1. The predicted molar refractivity (Wildman–Crippen MR) is 119 cm³/mol. The monoisotopic (exact) mass is 450 g/mol. The van der Waals surface area contributed by atoms with Crippen LogP contribution in [0.4, 0.5) is 5.69 Å². The van der Waals surface area contributed by atoms with Crippen LogP contribution in [-0.4, -0.2) is 34.5 Å². The normalized spacial score (nSPS) is 19.2. The van der Waals surface area contributed by atoms with Crippen molar-refractivity contribution in [3.05, 3.63) is 53.1 Å². The second-order valence-electron chi connectivity index (χ2n) is 7.74. The zero-order valence-corrected chi connectivity index (χ0v) is 19.0. The molecule has 0 unspecified atom stereocenters. The number of nitrogens with zero attached hydrogens (tertiary/aromatic N) is 1. The highest BCUT2D eigenvalue weighted by Gasteiger charge is 2.25. The third kappa shape index (κ3) is 4.90. The Kier molecular flexibility index (Phi) is 6.93. The lowest BCUT2D eigenvalue weighted by Crippen LogP contribution is -2.37. The molecule has 1 aliphatic rings. The first-order chi connectivity index (χ1) is 14.2. The highest BCUT2D eigenvalue weighted by molar-refractivity contribution is 7.92. The Hall–Kier alpha value is -2.25. The molecular weight excluding hydrogens is 424 g/mol. The smallest absolute Gasteiger partial charge is 0.264 e. The van der Waals surface area contributed by atoms with Gasteiger partial charge in [-0.25, -0.2) is 8.42 Å². The van der Waals surface area contributed by atoms with Crippen LogP contribution in [0.1, 0.15) is 43.0 Å². The number of carbonyl (C=O) groups is 1. The standard InChI is InChI=1S/C22H27ClN2O4S/c1-15-4-6-16(7-5-15)24-22(26)20-14-19(12-13-21(20)23)30(27,28)25(2)17-8-10-18(29-3)11-9-17/h8-16H,4-7H2,1-3H3,(H,24,26). The summed E-state index contributed by atoms with van der Waals surface area (Å²) in [5.74, 6) is 0.958. The molecule has 0 bridgehead atoms. The van der Waals surface area contributed by atoms with Gasteiger partial charge in [-0.2, -0.15) is 0 Å². The average molecular weight is 451 g/mol. The van der Waals surface area contributed by atoms with E-state index in [1.54, 1.807) is 31.4 Å². The highest BCUT2D eigenvalue weighted by Crippen LogP contribution is 2.28. The molecule has 1 aliphatic carbocycles. The molecule has 2 aromatic rings. The molecule has 1 N–H and O–H groups in total. The maximum absolute atomic E-state index is 13.1. The van der Waals surface area contributed by atoms with E-state index in [1.165, 1.54) is 29.6 Å². The first-order valence-corrected chi connectivity index (χ1v) is 11.8. The van der Waals surface area contributed by atoms with Gasteiger partial charge in [0, 0.05) is 13.1 Å². The Morgan fingerprint density at radius 3 is 2.33 bits per heavy atom. The molecule has 30 heavy (non-hydrogen) atoms. The summed E-state index contributed by atoms with van der Waals surface area (Å²) < 4.78 is 32.5. The minimum Gasteiger partial charge on any atom is -0.497 e. The number of rotatable bonds is 6. The summed E-state index contributed by atoms with van der Waals surface area (Å²) in [5, 5.41) is 3.23. The van der Waals surface area contributed by atoms with Crippen molar-refractivity contribution in [2.45, 2.75) is 43.5 Å². The number of sulfonamides is 1. The van der Waals surface area contributed by atoms with Crippen LogP contribution in [0.15, 0.2) is 47.4 Å². The van der Waals surface area contributed by atoms with Crippen LogP contribution >= 0.6 is 11.6 Å². The summed E-state index contributed by atoms with van der Waals surface area (Å²) in [6.45, 7) is 2.21. The van der Waals surface area contributed by atoms with Gasteiger partial charge in [-0.1, -0.05) is 18.5 Å². The number of ether oxygens (including phenoxy) is 1. The summed E-state index contributed by atoms with van der Waals surface area (Å²) in [5.41, 5.74) is 0.646. The maximum Gasteiger partial charge on any atom is 0.264 e. The Balaban J connectivity index is 1.82.